The first-order valence-corrected chi connectivity index (χ1v) is 7.74. The highest BCUT2D eigenvalue weighted by atomic mass is 16.5. The summed E-state index contributed by atoms with van der Waals surface area (Å²) in [7, 11) is 0. The SMILES string of the molecule is CCCCN(c1ncc(N)cc1C(=O)OCC)C(C)CC. The number of nitrogens with zero attached hydrogens (tertiary/aromatic N) is 2. The van der Waals surface area contributed by atoms with Gasteiger partial charge in [0, 0.05) is 12.6 Å². The van der Waals surface area contributed by atoms with Crippen LogP contribution < -0.4 is 10.6 Å². The predicted octanol–water partition coefficient (Wildman–Crippen LogP) is 3.25. The molecule has 0 aliphatic heterocycles. The van der Waals surface area contributed by atoms with Gasteiger partial charge in [-0.25, -0.2) is 9.78 Å². The van der Waals surface area contributed by atoms with Crippen molar-refractivity contribution in [1.82, 2.24) is 4.98 Å². The maximum Gasteiger partial charge on any atom is 0.341 e. The number of carbonyl (C=O) groups excluding carboxylic acids is 1. The van der Waals surface area contributed by atoms with E-state index < -0.39 is 0 Å². The molecule has 0 spiro atoms. The molecule has 0 saturated heterocycles. The Morgan fingerprint density at radius 1 is 1.43 bits per heavy atom. The van der Waals surface area contributed by atoms with Crippen LogP contribution in [0.2, 0.25) is 0 Å². The molecule has 5 nitrogen and oxygen atoms in total. The Hall–Kier alpha value is -1.78. The van der Waals surface area contributed by atoms with Gasteiger partial charge in [0.25, 0.3) is 0 Å². The monoisotopic (exact) mass is 293 g/mol. The summed E-state index contributed by atoms with van der Waals surface area (Å²) >= 11 is 0. The molecule has 1 rings (SSSR count). The Kier molecular flexibility index (Phi) is 6.99. The van der Waals surface area contributed by atoms with Crippen LogP contribution in [0, 0.1) is 0 Å². The number of hydrogen-bond acceptors (Lipinski definition) is 5. The first-order valence-electron chi connectivity index (χ1n) is 7.74. The van der Waals surface area contributed by atoms with E-state index in [4.69, 9.17) is 10.5 Å². The average Bonchev–Trinajstić information content (AvgIpc) is 2.48. The molecule has 2 N–H and O–H groups in total. The van der Waals surface area contributed by atoms with Crippen molar-refractivity contribution in [1.29, 1.82) is 0 Å². The summed E-state index contributed by atoms with van der Waals surface area (Å²) in [6.45, 7) is 9.42. The molecular weight excluding hydrogens is 266 g/mol. The molecule has 118 valence electrons. The van der Waals surface area contributed by atoms with Crippen LogP contribution in [0.1, 0.15) is 57.3 Å². The van der Waals surface area contributed by atoms with Crippen molar-refractivity contribution < 1.29 is 9.53 Å². The molecule has 1 atom stereocenters. The lowest BCUT2D eigenvalue weighted by Gasteiger charge is -2.31. The van der Waals surface area contributed by atoms with E-state index in [0.717, 1.165) is 25.8 Å². The number of aromatic nitrogens is 1. The molecule has 1 heterocycles. The van der Waals surface area contributed by atoms with E-state index in [1.165, 1.54) is 0 Å². The molecule has 0 radical (unpaired) electrons. The maximum absolute atomic E-state index is 12.2. The van der Waals surface area contributed by atoms with E-state index >= 15 is 0 Å². The predicted molar refractivity (Wildman–Crippen MR) is 86.6 cm³/mol. The molecule has 0 aliphatic rings. The lowest BCUT2D eigenvalue weighted by molar-refractivity contribution is 0.0526. The molecular formula is C16H27N3O2. The highest BCUT2D eigenvalue weighted by molar-refractivity contribution is 5.95. The second-order valence-corrected chi connectivity index (χ2v) is 5.16. The van der Waals surface area contributed by atoms with Gasteiger partial charge in [0.1, 0.15) is 11.4 Å². The van der Waals surface area contributed by atoms with E-state index in [1.54, 1.807) is 19.2 Å². The summed E-state index contributed by atoms with van der Waals surface area (Å²) in [6, 6.07) is 1.96. The third kappa shape index (κ3) is 4.62. The molecule has 0 amide bonds. The lowest BCUT2D eigenvalue weighted by Crippen LogP contribution is -2.35. The third-order valence-corrected chi connectivity index (χ3v) is 3.53. The Morgan fingerprint density at radius 3 is 2.71 bits per heavy atom. The van der Waals surface area contributed by atoms with E-state index in [9.17, 15) is 4.79 Å². The number of pyridine rings is 1. The quantitative estimate of drug-likeness (QED) is 0.745. The maximum atomic E-state index is 12.2. The summed E-state index contributed by atoms with van der Waals surface area (Å²) in [5.74, 6) is 0.308. The zero-order chi connectivity index (χ0) is 15.8. The number of esters is 1. The minimum Gasteiger partial charge on any atom is -0.462 e. The molecule has 1 aromatic rings. The molecule has 0 fully saturated rings. The first-order chi connectivity index (χ1) is 10.0. The van der Waals surface area contributed by atoms with Crippen molar-refractivity contribution in [3.05, 3.63) is 17.8 Å². The van der Waals surface area contributed by atoms with E-state index in [1.807, 2.05) is 0 Å². The fourth-order valence-corrected chi connectivity index (χ4v) is 2.15. The Morgan fingerprint density at radius 2 is 2.14 bits per heavy atom. The second kappa shape index (κ2) is 8.49. The van der Waals surface area contributed by atoms with Gasteiger partial charge >= 0.3 is 5.97 Å². The Bertz CT molecular complexity index is 463. The zero-order valence-electron chi connectivity index (χ0n) is 13.6. The van der Waals surface area contributed by atoms with E-state index in [2.05, 4.69) is 30.7 Å². The molecule has 0 aliphatic carbocycles. The van der Waals surface area contributed by atoms with Gasteiger partial charge < -0.3 is 15.4 Å². The number of nitrogen functional groups attached to an aromatic ring is 1. The molecule has 0 saturated carbocycles. The van der Waals surface area contributed by atoms with Gasteiger partial charge in [-0.05, 0) is 32.8 Å². The van der Waals surface area contributed by atoms with Gasteiger partial charge in [-0.3, -0.25) is 0 Å². The zero-order valence-corrected chi connectivity index (χ0v) is 13.6. The number of carbonyl (C=O) groups is 1. The largest absolute Gasteiger partial charge is 0.462 e. The summed E-state index contributed by atoms with van der Waals surface area (Å²) in [5.41, 5.74) is 6.71. The van der Waals surface area contributed by atoms with Crippen molar-refractivity contribution in [3.63, 3.8) is 0 Å². The van der Waals surface area contributed by atoms with Crippen LogP contribution in [0.25, 0.3) is 0 Å². The van der Waals surface area contributed by atoms with Gasteiger partial charge in [0.2, 0.25) is 0 Å². The fourth-order valence-electron chi connectivity index (χ4n) is 2.15. The number of ether oxygens (including phenoxy) is 1. The minimum atomic E-state index is -0.364. The minimum absolute atomic E-state index is 0.306. The van der Waals surface area contributed by atoms with Crippen molar-refractivity contribution in [3.8, 4) is 0 Å². The van der Waals surface area contributed by atoms with Crippen LogP contribution in [0.5, 0.6) is 0 Å². The normalized spacial score (nSPS) is 12.0. The standard InChI is InChI=1S/C16H27N3O2/c1-5-8-9-19(12(4)6-2)15-14(16(20)21-7-3)10-13(17)11-18-15/h10-12H,5-9,17H2,1-4H3. The van der Waals surface area contributed by atoms with Crippen LogP contribution >= 0.6 is 0 Å². The highest BCUT2D eigenvalue weighted by Crippen LogP contribution is 2.24. The van der Waals surface area contributed by atoms with Crippen molar-refractivity contribution in [2.24, 2.45) is 0 Å². The third-order valence-electron chi connectivity index (χ3n) is 3.53. The van der Waals surface area contributed by atoms with Crippen molar-refractivity contribution in [2.75, 3.05) is 23.8 Å². The van der Waals surface area contributed by atoms with Crippen LogP contribution in [-0.2, 0) is 4.74 Å². The van der Waals surface area contributed by atoms with Gasteiger partial charge in [0.15, 0.2) is 0 Å². The van der Waals surface area contributed by atoms with Crippen molar-refractivity contribution >= 4 is 17.5 Å². The second-order valence-electron chi connectivity index (χ2n) is 5.16. The number of hydrogen-bond donors (Lipinski definition) is 1. The summed E-state index contributed by atoms with van der Waals surface area (Å²) in [4.78, 5) is 18.7. The molecule has 5 heteroatoms. The number of nitrogens with two attached hydrogens (primary N) is 1. The van der Waals surface area contributed by atoms with Gasteiger partial charge in [0.05, 0.1) is 18.5 Å². The Labute approximate surface area is 127 Å². The van der Waals surface area contributed by atoms with Gasteiger partial charge in [-0.15, -0.1) is 0 Å². The number of rotatable bonds is 8. The molecule has 0 aromatic carbocycles. The topological polar surface area (TPSA) is 68.5 Å². The molecule has 1 aromatic heterocycles. The molecule has 21 heavy (non-hydrogen) atoms. The van der Waals surface area contributed by atoms with Crippen LogP contribution in [-0.4, -0.2) is 30.1 Å². The molecule has 0 bridgehead atoms. The van der Waals surface area contributed by atoms with Crippen LogP contribution in [0.3, 0.4) is 0 Å². The molecule has 1 unspecified atom stereocenters. The van der Waals surface area contributed by atoms with E-state index in [-0.39, 0.29) is 5.97 Å². The summed E-state index contributed by atoms with van der Waals surface area (Å²) in [5, 5.41) is 0. The number of anilines is 2. The lowest BCUT2D eigenvalue weighted by atomic mass is 10.1. The average molecular weight is 293 g/mol. The highest BCUT2D eigenvalue weighted by Gasteiger charge is 2.22. The summed E-state index contributed by atoms with van der Waals surface area (Å²) in [6.07, 6.45) is 4.73. The Balaban J connectivity index is 3.19. The summed E-state index contributed by atoms with van der Waals surface area (Å²) < 4.78 is 5.13. The fraction of sp³-hybridized carbons (Fsp3) is 0.625. The van der Waals surface area contributed by atoms with E-state index in [0.29, 0.717) is 29.7 Å². The van der Waals surface area contributed by atoms with Crippen LogP contribution in [0.15, 0.2) is 12.3 Å². The number of unbranched alkanes of at least 4 members (excludes halogenated alkanes) is 1. The van der Waals surface area contributed by atoms with Crippen molar-refractivity contribution in [2.45, 2.75) is 53.0 Å². The van der Waals surface area contributed by atoms with Crippen LogP contribution in [0.4, 0.5) is 11.5 Å². The van der Waals surface area contributed by atoms with Gasteiger partial charge in [-0.1, -0.05) is 20.3 Å². The first kappa shape index (κ1) is 17.3. The smallest absolute Gasteiger partial charge is 0.341 e. The van der Waals surface area contributed by atoms with Gasteiger partial charge in [-0.2, -0.15) is 0 Å².